The Morgan fingerprint density at radius 3 is 2.72 bits per heavy atom. The molecule has 0 spiro atoms. The molecular formula is C14H18N2O2. The molecule has 0 aliphatic carbocycles. The van der Waals surface area contributed by atoms with E-state index >= 15 is 0 Å². The Morgan fingerprint density at radius 2 is 2.11 bits per heavy atom. The number of nitrogens with one attached hydrogen (secondary N) is 1. The average Bonchev–Trinajstić information content (AvgIpc) is 2.64. The lowest BCUT2D eigenvalue weighted by atomic mass is 10.0. The van der Waals surface area contributed by atoms with Crippen LogP contribution < -0.4 is 5.73 Å². The van der Waals surface area contributed by atoms with Gasteiger partial charge < -0.3 is 15.5 Å². The monoisotopic (exact) mass is 246 g/mol. The summed E-state index contributed by atoms with van der Waals surface area (Å²) in [7, 11) is 0. The van der Waals surface area contributed by atoms with Gasteiger partial charge in [-0.05, 0) is 31.9 Å². The van der Waals surface area contributed by atoms with Gasteiger partial charge in [0.15, 0.2) is 0 Å². The normalized spacial score (nSPS) is 10.8. The Balaban J connectivity index is 2.70. The molecular weight excluding hydrogens is 228 g/mol. The van der Waals surface area contributed by atoms with Crippen LogP contribution in [-0.2, 0) is 11.2 Å². The van der Waals surface area contributed by atoms with Gasteiger partial charge in [0.25, 0.3) is 0 Å². The highest BCUT2D eigenvalue weighted by molar-refractivity contribution is 6.09. The highest BCUT2D eigenvalue weighted by Gasteiger charge is 2.19. The number of aryl methyl sites for hydroxylation is 2. The number of rotatable bonds is 3. The van der Waals surface area contributed by atoms with Crippen LogP contribution in [0.25, 0.3) is 10.9 Å². The summed E-state index contributed by atoms with van der Waals surface area (Å²) >= 11 is 0. The molecule has 1 heterocycles. The molecule has 0 saturated heterocycles. The molecule has 2 rings (SSSR count). The van der Waals surface area contributed by atoms with E-state index in [1.165, 1.54) is 0 Å². The molecule has 4 nitrogen and oxygen atoms in total. The number of benzene rings is 1. The van der Waals surface area contributed by atoms with E-state index in [1.54, 1.807) is 6.92 Å². The number of anilines is 1. The number of esters is 1. The van der Waals surface area contributed by atoms with Crippen molar-refractivity contribution < 1.29 is 9.53 Å². The third kappa shape index (κ3) is 1.94. The Morgan fingerprint density at radius 1 is 1.39 bits per heavy atom. The first-order valence-corrected chi connectivity index (χ1v) is 6.16. The molecule has 96 valence electrons. The molecule has 3 N–H and O–H groups in total. The van der Waals surface area contributed by atoms with Crippen LogP contribution in [0.1, 0.15) is 35.3 Å². The predicted molar refractivity (Wildman–Crippen MR) is 72.8 cm³/mol. The van der Waals surface area contributed by atoms with Crippen LogP contribution in [-0.4, -0.2) is 17.6 Å². The zero-order valence-electron chi connectivity index (χ0n) is 11.0. The first-order chi connectivity index (χ1) is 8.58. The van der Waals surface area contributed by atoms with Gasteiger partial charge in [-0.25, -0.2) is 4.79 Å². The van der Waals surface area contributed by atoms with Crippen LogP contribution in [0.15, 0.2) is 12.1 Å². The number of ether oxygens (including phenoxy) is 1. The third-order valence-corrected chi connectivity index (χ3v) is 3.02. The van der Waals surface area contributed by atoms with Gasteiger partial charge in [-0.2, -0.15) is 0 Å². The minimum atomic E-state index is -0.367. The van der Waals surface area contributed by atoms with Gasteiger partial charge in [0.05, 0.1) is 12.1 Å². The standard InChI is InChI=1S/C14H18N2O2/c1-4-9-6-8(3)7-10-11(14(17)18-5-2)13(15)16-12(9)10/h6-7,16H,4-5,15H2,1-3H3. The molecule has 0 fully saturated rings. The zero-order valence-corrected chi connectivity index (χ0v) is 11.0. The van der Waals surface area contributed by atoms with Crippen molar-refractivity contribution in [3.05, 3.63) is 28.8 Å². The molecule has 0 aliphatic heterocycles. The Labute approximate surface area is 106 Å². The number of carbonyl (C=O) groups is 1. The number of H-pyrrole nitrogens is 1. The second kappa shape index (κ2) is 4.72. The molecule has 18 heavy (non-hydrogen) atoms. The molecule has 4 heteroatoms. The lowest BCUT2D eigenvalue weighted by Gasteiger charge is -2.04. The fourth-order valence-corrected chi connectivity index (χ4v) is 2.25. The van der Waals surface area contributed by atoms with E-state index in [0.29, 0.717) is 18.0 Å². The summed E-state index contributed by atoms with van der Waals surface area (Å²) < 4.78 is 5.05. The molecule has 0 amide bonds. The number of nitrogen functional groups attached to an aromatic ring is 1. The van der Waals surface area contributed by atoms with Gasteiger partial charge in [0, 0.05) is 5.39 Å². The van der Waals surface area contributed by atoms with Crippen molar-refractivity contribution >= 4 is 22.7 Å². The number of fused-ring (bicyclic) bond motifs is 1. The van der Waals surface area contributed by atoms with Crippen molar-refractivity contribution in [3.63, 3.8) is 0 Å². The van der Waals surface area contributed by atoms with Gasteiger partial charge in [0.2, 0.25) is 0 Å². The van der Waals surface area contributed by atoms with Crippen molar-refractivity contribution in [2.45, 2.75) is 27.2 Å². The molecule has 1 aromatic carbocycles. The van der Waals surface area contributed by atoms with Gasteiger partial charge in [0.1, 0.15) is 11.4 Å². The van der Waals surface area contributed by atoms with E-state index in [2.05, 4.69) is 18.0 Å². The van der Waals surface area contributed by atoms with Crippen LogP contribution >= 0.6 is 0 Å². The van der Waals surface area contributed by atoms with Crippen LogP contribution in [0.3, 0.4) is 0 Å². The summed E-state index contributed by atoms with van der Waals surface area (Å²) in [6, 6.07) is 4.07. The summed E-state index contributed by atoms with van der Waals surface area (Å²) in [5.41, 5.74) is 9.56. The lowest BCUT2D eigenvalue weighted by molar-refractivity contribution is 0.0530. The fraction of sp³-hybridized carbons (Fsp3) is 0.357. The predicted octanol–water partition coefficient (Wildman–Crippen LogP) is 2.80. The number of nitrogens with two attached hydrogens (primary N) is 1. The molecule has 0 unspecified atom stereocenters. The van der Waals surface area contributed by atoms with E-state index in [4.69, 9.17) is 10.5 Å². The van der Waals surface area contributed by atoms with E-state index < -0.39 is 0 Å². The van der Waals surface area contributed by atoms with E-state index in [-0.39, 0.29) is 5.97 Å². The topological polar surface area (TPSA) is 68.1 Å². The quantitative estimate of drug-likeness (QED) is 0.818. The van der Waals surface area contributed by atoms with Gasteiger partial charge in [-0.1, -0.05) is 18.6 Å². The van der Waals surface area contributed by atoms with Crippen LogP contribution in [0.4, 0.5) is 5.82 Å². The Kier molecular flexibility index (Phi) is 3.28. The molecule has 2 aromatic rings. The number of aromatic nitrogens is 1. The molecule has 0 atom stereocenters. The summed E-state index contributed by atoms with van der Waals surface area (Å²) in [5.74, 6) is 0.0117. The maximum absolute atomic E-state index is 11.9. The van der Waals surface area contributed by atoms with Crippen LogP contribution in [0.5, 0.6) is 0 Å². The maximum Gasteiger partial charge on any atom is 0.342 e. The number of aromatic amines is 1. The SMILES string of the molecule is CCOC(=O)c1c(N)[nH]c2c(CC)cc(C)cc12. The third-order valence-electron chi connectivity index (χ3n) is 3.02. The number of carbonyl (C=O) groups excluding carboxylic acids is 1. The van der Waals surface area contributed by atoms with Gasteiger partial charge in [-0.3, -0.25) is 0 Å². The van der Waals surface area contributed by atoms with Crippen molar-refractivity contribution in [2.24, 2.45) is 0 Å². The molecule has 1 aromatic heterocycles. The van der Waals surface area contributed by atoms with E-state index in [9.17, 15) is 4.79 Å². The maximum atomic E-state index is 11.9. The number of hydrogen-bond donors (Lipinski definition) is 2. The number of hydrogen-bond acceptors (Lipinski definition) is 3. The van der Waals surface area contributed by atoms with Crippen molar-refractivity contribution in [1.29, 1.82) is 0 Å². The average molecular weight is 246 g/mol. The van der Waals surface area contributed by atoms with Crippen LogP contribution in [0, 0.1) is 6.92 Å². The second-order valence-electron chi connectivity index (χ2n) is 4.33. The van der Waals surface area contributed by atoms with E-state index in [1.807, 2.05) is 13.0 Å². The van der Waals surface area contributed by atoms with Crippen molar-refractivity contribution in [3.8, 4) is 0 Å². The summed E-state index contributed by atoms with van der Waals surface area (Å²) in [4.78, 5) is 15.0. The molecule has 0 saturated carbocycles. The van der Waals surface area contributed by atoms with Gasteiger partial charge in [-0.15, -0.1) is 0 Å². The first kappa shape index (κ1) is 12.5. The minimum Gasteiger partial charge on any atom is -0.462 e. The second-order valence-corrected chi connectivity index (χ2v) is 4.33. The van der Waals surface area contributed by atoms with Crippen molar-refractivity contribution in [1.82, 2.24) is 4.98 Å². The summed E-state index contributed by atoms with van der Waals surface area (Å²) in [6.07, 6.45) is 0.889. The largest absolute Gasteiger partial charge is 0.462 e. The Hall–Kier alpha value is -1.97. The smallest absolute Gasteiger partial charge is 0.342 e. The summed E-state index contributed by atoms with van der Waals surface area (Å²) in [6.45, 7) is 6.22. The Bertz CT molecular complexity index is 599. The van der Waals surface area contributed by atoms with Crippen molar-refractivity contribution in [2.75, 3.05) is 12.3 Å². The van der Waals surface area contributed by atoms with Gasteiger partial charge >= 0.3 is 5.97 Å². The lowest BCUT2D eigenvalue weighted by Crippen LogP contribution is -2.06. The van der Waals surface area contributed by atoms with Crippen LogP contribution in [0.2, 0.25) is 0 Å². The molecule has 0 bridgehead atoms. The fourth-order valence-electron chi connectivity index (χ4n) is 2.25. The van der Waals surface area contributed by atoms with E-state index in [0.717, 1.165) is 28.5 Å². The summed E-state index contributed by atoms with van der Waals surface area (Å²) in [5, 5.41) is 0.850. The highest BCUT2D eigenvalue weighted by atomic mass is 16.5. The molecule has 0 aliphatic rings. The molecule has 0 radical (unpaired) electrons. The minimum absolute atomic E-state index is 0.345. The highest BCUT2D eigenvalue weighted by Crippen LogP contribution is 2.29. The zero-order chi connectivity index (χ0) is 13.3. The first-order valence-electron chi connectivity index (χ1n) is 6.16.